The smallest absolute Gasteiger partial charge is 0.148 e. The molecule has 22 heavy (non-hydrogen) atoms. The van der Waals surface area contributed by atoms with E-state index in [1.165, 1.54) is 11.6 Å². The SMILES string of the molecule is CCC(CC)c1nn(-c2ccccc2F)c2c1CCCCN2. The van der Waals surface area contributed by atoms with Crippen molar-refractivity contribution in [2.75, 3.05) is 11.9 Å². The summed E-state index contributed by atoms with van der Waals surface area (Å²) in [6, 6.07) is 6.87. The van der Waals surface area contributed by atoms with E-state index in [1.54, 1.807) is 16.8 Å². The normalized spacial score (nSPS) is 14.5. The Balaban J connectivity index is 2.16. The van der Waals surface area contributed by atoms with Crippen LogP contribution in [0.1, 0.15) is 56.7 Å². The number of halogens is 1. The van der Waals surface area contributed by atoms with E-state index in [0.29, 0.717) is 11.6 Å². The summed E-state index contributed by atoms with van der Waals surface area (Å²) in [7, 11) is 0. The second kappa shape index (κ2) is 6.51. The van der Waals surface area contributed by atoms with E-state index < -0.39 is 0 Å². The number of aromatic nitrogens is 2. The van der Waals surface area contributed by atoms with E-state index in [4.69, 9.17) is 5.10 Å². The fourth-order valence-corrected chi connectivity index (χ4v) is 3.33. The Bertz CT molecular complexity index is 644. The maximum atomic E-state index is 14.2. The second-order valence-corrected chi connectivity index (χ2v) is 5.97. The van der Waals surface area contributed by atoms with Crippen molar-refractivity contribution in [2.45, 2.75) is 51.9 Å². The van der Waals surface area contributed by atoms with Gasteiger partial charge in [0.1, 0.15) is 17.3 Å². The maximum absolute atomic E-state index is 14.2. The third-order valence-electron chi connectivity index (χ3n) is 4.61. The molecular formula is C18H24FN3. The van der Waals surface area contributed by atoms with Gasteiger partial charge in [-0.15, -0.1) is 0 Å². The number of benzene rings is 1. The van der Waals surface area contributed by atoms with Crippen LogP contribution in [-0.4, -0.2) is 16.3 Å². The van der Waals surface area contributed by atoms with Gasteiger partial charge in [0.15, 0.2) is 0 Å². The Kier molecular flexibility index (Phi) is 4.46. The molecule has 0 fully saturated rings. The van der Waals surface area contributed by atoms with E-state index >= 15 is 0 Å². The molecule has 2 aromatic rings. The van der Waals surface area contributed by atoms with Gasteiger partial charge in [0, 0.05) is 18.0 Å². The van der Waals surface area contributed by atoms with Gasteiger partial charge in [0.05, 0.1) is 5.69 Å². The lowest BCUT2D eigenvalue weighted by atomic mass is 9.94. The van der Waals surface area contributed by atoms with Crippen LogP contribution in [0.3, 0.4) is 0 Å². The molecule has 1 aromatic carbocycles. The third-order valence-corrected chi connectivity index (χ3v) is 4.61. The standard InChI is InChI=1S/C18H24FN3/c1-3-13(4-2)17-14-9-7-8-12-20-18(14)22(21-17)16-11-6-5-10-15(16)19/h5-6,10-11,13,20H,3-4,7-9,12H2,1-2H3. The Labute approximate surface area is 131 Å². The van der Waals surface area contributed by atoms with Crippen molar-refractivity contribution in [1.29, 1.82) is 0 Å². The van der Waals surface area contributed by atoms with Crippen LogP contribution in [0.5, 0.6) is 0 Å². The van der Waals surface area contributed by atoms with E-state index in [9.17, 15) is 4.39 Å². The number of fused-ring (bicyclic) bond motifs is 1. The van der Waals surface area contributed by atoms with Gasteiger partial charge in [-0.3, -0.25) is 0 Å². The molecule has 0 radical (unpaired) electrons. The highest BCUT2D eigenvalue weighted by Crippen LogP contribution is 2.34. The average Bonchev–Trinajstić information content (AvgIpc) is 2.72. The predicted octanol–water partition coefficient (Wildman–Crippen LogP) is 4.66. The molecule has 4 heteroatoms. The minimum Gasteiger partial charge on any atom is -0.370 e. The van der Waals surface area contributed by atoms with Crippen LogP contribution < -0.4 is 5.32 Å². The highest BCUT2D eigenvalue weighted by atomic mass is 19.1. The molecule has 1 aromatic heterocycles. The maximum Gasteiger partial charge on any atom is 0.148 e. The molecule has 0 amide bonds. The van der Waals surface area contributed by atoms with Crippen LogP contribution in [0, 0.1) is 5.82 Å². The van der Waals surface area contributed by atoms with Gasteiger partial charge < -0.3 is 5.32 Å². The topological polar surface area (TPSA) is 29.9 Å². The lowest BCUT2D eigenvalue weighted by Gasteiger charge is -2.11. The van der Waals surface area contributed by atoms with Crippen molar-refractivity contribution in [3.8, 4) is 5.69 Å². The van der Waals surface area contributed by atoms with Gasteiger partial charge in [-0.05, 0) is 44.2 Å². The summed E-state index contributed by atoms with van der Waals surface area (Å²) < 4.78 is 16.0. The second-order valence-electron chi connectivity index (χ2n) is 5.97. The first-order chi connectivity index (χ1) is 10.8. The van der Waals surface area contributed by atoms with Crippen LogP contribution in [0.2, 0.25) is 0 Å². The molecule has 0 aliphatic carbocycles. The van der Waals surface area contributed by atoms with Crippen LogP contribution >= 0.6 is 0 Å². The summed E-state index contributed by atoms with van der Waals surface area (Å²) in [5.74, 6) is 1.21. The summed E-state index contributed by atoms with van der Waals surface area (Å²) in [5.41, 5.74) is 2.97. The van der Waals surface area contributed by atoms with Crippen molar-refractivity contribution in [3.63, 3.8) is 0 Å². The fraction of sp³-hybridized carbons (Fsp3) is 0.500. The molecule has 1 N–H and O–H groups in total. The molecule has 3 nitrogen and oxygen atoms in total. The first-order valence-corrected chi connectivity index (χ1v) is 8.36. The molecular weight excluding hydrogens is 277 g/mol. The monoisotopic (exact) mass is 301 g/mol. The van der Waals surface area contributed by atoms with E-state index in [0.717, 1.165) is 50.2 Å². The third kappa shape index (κ3) is 2.62. The van der Waals surface area contributed by atoms with Crippen LogP contribution in [0.25, 0.3) is 5.69 Å². The summed E-state index contributed by atoms with van der Waals surface area (Å²) >= 11 is 0. The zero-order chi connectivity index (χ0) is 15.5. The zero-order valence-corrected chi connectivity index (χ0v) is 13.4. The molecule has 0 bridgehead atoms. The van der Waals surface area contributed by atoms with Crippen LogP contribution in [0.15, 0.2) is 24.3 Å². The number of para-hydroxylation sites is 1. The largest absolute Gasteiger partial charge is 0.370 e. The molecule has 0 spiro atoms. The van der Waals surface area contributed by atoms with Gasteiger partial charge in [0.25, 0.3) is 0 Å². The predicted molar refractivity (Wildman–Crippen MR) is 88.3 cm³/mol. The Morgan fingerprint density at radius 2 is 2.00 bits per heavy atom. The van der Waals surface area contributed by atoms with Gasteiger partial charge in [0.2, 0.25) is 0 Å². The van der Waals surface area contributed by atoms with Crippen molar-refractivity contribution in [2.24, 2.45) is 0 Å². The molecule has 0 atom stereocenters. The van der Waals surface area contributed by atoms with Crippen molar-refractivity contribution < 1.29 is 4.39 Å². The lowest BCUT2D eigenvalue weighted by molar-refractivity contribution is 0.591. The number of nitrogens with one attached hydrogen (secondary N) is 1. The molecule has 1 aliphatic rings. The van der Waals surface area contributed by atoms with Crippen molar-refractivity contribution in [1.82, 2.24) is 9.78 Å². The zero-order valence-electron chi connectivity index (χ0n) is 13.4. The average molecular weight is 301 g/mol. The minimum atomic E-state index is -0.227. The number of anilines is 1. The molecule has 0 unspecified atom stereocenters. The Morgan fingerprint density at radius 1 is 1.23 bits per heavy atom. The quantitative estimate of drug-likeness (QED) is 0.890. The van der Waals surface area contributed by atoms with Gasteiger partial charge >= 0.3 is 0 Å². The van der Waals surface area contributed by atoms with E-state index in [2.05, 4.69) is 19.2 Å². The summed E-state index contributed by atoms with van der Waals surface area (Å²) in [6.45, 7) is 5.33. The van der Waals surface area contributed by atoms with Crippen LogP contribution in [-0.2, 0) is 6.42 Å². The first kappa shape index (κ1) is 15.1. The highest BCUT2D eigenvalue weighted by Gasteiger charge is 2.25. The number of hydrogen-bond donors (Lipinski definition) is 1. The lowest BCUT2D eigenvalue weighted by Crippen LogP contribution is -2.08. The van der Waals surface area contributed by atoms with E-state index in [-0.39, 0.29) is 5.82 Å². The fourth-order valence-electron chi connectivity index (χ4n) is 3.33. The number of rotatable bonds is 4. The Morgan fingerprint density at radius 3 is 2.73 bits per heavy atom. The number of hydrogen-bond acceptors (Lipinski definition) is 2. The highest BCUT2D eigenvalue weighted by molar-refractivity contribution is 5.55. The van der Waals surface area contributed by atoms with Crippen molar-refractivity contribution >= 4 is 5.82 Å². The number of nitrogens with zero attached hydrogens (tertiary/aromatic N) is 2. The molecule has 0 saturated carbocycles. The van der Waals surface area contributed by atoms with Gasteiger partial charge in [-0.2, -0.15) is 5.10 Å². The van der Waals surface area contributed by atoms with Gasteiger partial charge in [-0.1, -0.05) is 26.0 Å². The minimum absolute atomic E-state index is 0.227. The Hall–Kier alpha value is -1.84. The molecule has 1 aliphatic heterocycles. The van der Waals surface area contributed by atoms with Crippen LogP contribution in [0.4, 0.5) is 10.2 Å². The summed E-state index contributed by atoms with van der Waals surface area (Å²) in [6.07, 6.45) is 5.47. The molecule has 3 rings (SSSR count). The first-order valence-electron chi connectivity index (χ1n) is 8.36. The molecule has 2 heterocycles. The molecule has 0 saturated heterocycles. The van der Waals surface area contributed by atoms with Crippen molar-refractivity contribution in [3.05, 3.63) is 41.3 Å². The molecule has 118 valence electrons. The summed E-state index contributed by atoms with van der Waals surface area (Å²) in [5, 5.41) is 8.30. The van der Waals surface area contributed by atoms with E-state index in [1.807, 2.05) is 6.07 Å². The summed E-state index contributed by atoms with van der Waals surface area (Å²) in [4.78, 5) is 0. The van der Waals surface area contributed by atoms with Gasteiger partial charge in [-0.25, -0.2) is 9.07 Å².